The van der Waals surface area contributed by atoms with Gasteiger partial charge in [0, 0.05) is 0 Å². The van der Waals surface area contributed by atoms with Gasteiger partial charge < -0.3 is 0 Å². The van der Waals surface area contributed by atoms with E-state index in [1.54, 1.807) is 0 Å². The molecule has 1 atom stereocenters. The van der Waals surface area contributed by atoms with Crippen LogP contribution >= 0.6 is 0 Å². The molecule has 1 saturated heterocycles. The first kappa shape index (κ1) is 7.05. The van der Waals surface area contributed by atoms with Crippen LogP contribution in [0.15, 0.2) is 0 Å². The summed E-state index contributed by atoms with van der Waals surface area (Å²) in [4.78, 5) is 21.1. The summed E-state index contributed by atoms with van der Waals surface area (Å²) in [5.41, 5.74) is 0. The molecule has 1 unspecified atom stereocenters. The zero-order valence-electron chi connectivity index (χ0n) is 4.81. The first-order chi connectivity index (χ1) is 4.20. The maximum absolute atomic E-state index is 10.6. The molecule has 1 N–H and O–H groups in total. The van der Waals surface area contributed by atoms with Crippen molar-refractivity contribution in [3.05, 3.63) is 0 Å². The molecule has 0 aromatic carbocycles. The topological polar surface area (TPSA) is 46.2 Å². The Bertz CT molecular complexity index is 157. The predicted octanol–water partition coefficient (Wildman–Crippen LogP) is -1.04. The predicted molar refractivity (Wildman–Crippen MR) is 31.9 cm³/mol. The summed E-state index contributed by atoms with van der Waals surface area (Å²) in [5, 5.41) is 2.59. The van der Waals surface area contributed by atoms with Gasteiger partial charge >= 0.3 is 66.0 Å². The second kappa shape index (κ2) is 2.68. The molecule has 1 amide bonds. The molecule has 0 aromatic heterocycles. The van der Waals surface area contributed by atoms with Crippen LogP contribution in [0.2, 0.25) is 0 Å². The standard InChI is InChI=1S/C5H6NO2.Sn/c7-3-4-1-2-5(8)6-4;/h4H,1-2H2,(H,6,8);. The van der Waals surface area contributed by atoms with Gasteiger partial charge in [0.2, 0.25) is 0 Å². The Morgan fingerprint density at radius 2 is 2.44 bits per heavy atom. The Morgan fingerprint density at radius 1 is 1.78 bits per heavy atom. The zero-order chi connectivity index (χ0) is 6.85. The molecule has 0 bridgehead atoms. The molecule has 0 saturated carbocycles. The van der Waals surface area contributed by atoms with E-state index in [4.69, 9.17) is 0 Å². The minimum absolute atomic E-state index is 0.00996. The van der Waals surface area contributed by atoms with Crippen molar-refractivity contribution in [2.24, 2.45) is 0 Å². The summed E-state index contributed by atoms with van der Waals surface area (Å²) < 4.78 is 0.146. The molecule has 1 heterocycles. The number of carbonyl (C=O) groups is 2. The van der Waals surface area contributed by atoms with Crippen molar-refractivity contribution in [2.75, 3.05) is 0 Å². The second-order valence-corrected chi connectivity index (χ2v) is 3.43. The molecule has 3 radical (unpaired) electrons. The average molecular weight is 231 g/mol. The van der Waals surface area contributed by atoms with E-state index in [2.05, 4.69) is 5.32 Å². The Morgan fingerprint density at radius 3 is 2.67 bits per heavy atom. The fraction of sp³-hybridized carbons (Fsp3) is 0.600. The molecule has 3 nitrogen and oxygen atoms in total. The van der Waals surface area contributed by atoms with Crippen molar-refractivity contribution in [1.82, 2.24) is 5.32 Å². The van der Waals surface area contributed by atoms with E-state index in [0.717, 1.165) is 22.5 Å². The summed E-state index contributed by atoms with van der Waals surface area (Å²) in [5.74, 6) is 0.00996. The number of amides is 1. The van der Waals surface area contributed by atoms with E-state index in [1.165, 1.54) is 0 Å². The van der Waals surface area contributed by atoms with E-state index in [0.29, 0.717) is 12.8 Å². The molecule has 0 spiro atoms. The molecule has 0 aromatic rings. The average Bonchev–Trinajstić information content (AvgIpc) is 2.14. The van der Waals surface area contributed by atoms with E-state index >= 15 is 0 Å². The van der Waals surface area contributed by atoms with Crippen LogP contribution in [0.25, 0.3) is 0 Å². The summed E-state index contributed by atoms with van der Waals surface area (Å²) in [6.45, 7) is 0. The third-order valence-corrected chi connectivity index (χ3v) is 2.31. The van der Waals surface area contributed by atoms with Gasteiger partial charge in [0.1, 0.15) is 0 Å². The zero-order valence-corrected chi connectivity index (χ0v) is 7.66. The van der Waals surface area contributed by atoms with Crippen molar-refractivity contribution in [1.29, 1.82) is 0 Å². The fourth-order valence-corrected chi connectivity index (χ4v) is 1.43. The Balaban J connectivity index is 2.48. The molecule has 1 fully saturated rings. The van der Waals surface area contributed by atoms with Gasteiger partial charge in [0.05, 0.1) is 0 Å². The Kier molecular flexibility index (Phi) is 2.10. The van der Waals surface area contributed by atoms with Crippen LogP contribution in [-0.2, 0) is 9.59 Å². The third-order valence-electron chi connectivity index (χ3n) is 1.31. The first-order valence-corrected chi connectivity index (χ1v) is 4.17. The molecular weight excluding hydrogens is 225 g/mol. The van der Waals surface area contributed by atoms with Crippen molar-refractivity contribution in [3.8, 4) is 0 Å². The van der Waals surface area contributed by atoms with Crippen LogP contribution in [0.3, 0.4) is 0 Å². The van der Waals surface area contributed by atoms with Gasteiger partial charge in [-0.25, -0.2) is 0 Å². The van der Waals surface area contributed by atoms with Gasteiger partial charge in [-0.1, -0.05) is 0 Å². The van der Waals surface area contributed by atoms with Gasteiger partial charge in [0.25, 0.3) is 0 Å². The van der Waals surface area contributed by atoms with Crippen LogP contribution in [0, 0.1) is 0 Å². The summed E-state index contributed by atoms with van der Waals surface area (Å²) >= 11 is 0.882. The van der Waals surface area contributed by atoms with Crippen molar-refractivity contribution >= 4 is 32.2 Å². The van der Waals surface area contributed by atoms with Crippen LogP contribution in [-0.4, -0.2) is 38.3 Å². The van der Waals surface area contributed by atoms with Crippen molar-refractivity contribution in [2.45, 2.75) is 18.9 Å². The molecule has 1 rings (SSSR count). The van der Waals surface area contributed by atoms with Crippen molar-refractivity contribution < 1.29 is 9.59 Å². The molecule has 4 heteroatoms. The Hall–Kier alpha value is -0.0613. The van der Waals surface area contributed by atoms with Gasteiger partial charge in [-0.3, -0.25) is 0 Å². The van der Waals surface area contributed by atoms with Gasteiger partial charge in [-0.2, -0.15) is 0 Å². The Labute approximate surface area is 66.3 Å². The van der Waals surface area contributed by atoms with E-state index in [1.807, 2.05) is 0 Å². The monoisotopic (exact) mass is 232 g/mol. The number of hydrogen-bond donors (Lipinski definition) is 1. The normalized spacial score (nSPS) is 25.9. The van der Waals surface area contributed by atoms with E-state index < -0.39 is 0 Å². The number of carbonyl (C=O) groups excluding carboxylic acids is 2. The second-order valence-electron chi connectivity index (χ2n) is 2.02. The number of rotatable bonds is 1. The first-order valence-electron chi connectivity index (χ1n) is 2.75. The molecule has 1 aliphatic rings. The van der Waals surface area contributed by atoms with E-state index in [9.17, 15) is 9.59 Å². The molecule has 1 aliphatic heterocycles. The van der Waals surface area contributed by atoms with Crippen LogP contribution in [0.1, 0.15) is 12.8 Å². The van der Waals surface area contributed by atoms with Crippen molar-refractivity contribution in [3.63, 3.8) is 0 Å². The minimum atomic E-state index is -0.157. The van der Waals surface area contributed by atoms with Gasteiger partial charge in [-0.05, 0) is 0 Å². The molecular formula is C5H6NO2Sn. The van der Waals surface area contributed by atoms with Gasteiger partial charge in [0.15, 0.2) is 0 Å². The fourth-order valence-electron chi connectivity index (χ4n) is 0.811. The summed E-state index contributed by atoms with van der Waals surface area (Å²) in [6.07, 6.45) is 1.22. The number of nitrogens with one attached hydrogen (secondary N) is 1. The van der Waals surface area contributed by atoms with Crippen LogP contribution in [0.4, 0.5) is 0 Å². The SMILES string of the molecule is O=C1CCC([C](=O)[Sn])N1. The maximum atomic E-state index is 10.6. The third kappa shape index (κ3) is 1.67. The summed E-state index contributed by atoms with van der Waals surface area (Å²) in [7, 11) is 0. The van der Waals surface area contributed by atoms with Crippen LogP contribution in [0.5, 0.6) is 0 Å². The summed E-state index contributed by atoms with van der Waals surface area (Å²) in [6, 6.07) is -0.157. The van der Waals surface area contributed by atoms with Gasteiger partial charge in [-0.15, -0.1) is 0 Å². The van der Waals surface area contributed by atoms with Crippen LogP contribution < -0.4 is 5.32 Å². The molecule has 9 heavy (non-hydrogen) atoms. The quantitative estimate of drug-likeness (QED) is 0.585. The molecule has 0 aliphatic carbocycles. The number of hydrogen-bond acceptors (Lipinski definition) is 2. The molecule has 47 valence electrons. The van der Waals surface area contributed by atoms with E-state index in [-0.39, 0.29) is 15.7 Å².